The molecule has 2 saturated heterocycles. The van der Waals surface area contributed by atoms with Crippen molar-refractivity contribution in [2.24, 2.45) is 11.8 Å². The van der Waals surface area contributed by atoms with Crippen LogP contribution in [0.5, 0.6) is 5.75 Å². The van der Waals surface area contributed by atoms with Gasteiger partial charge in [0.05, 0.1) is 43.6 Å². The summed E-state index contributed by atoms with van der Waals surface area (Å²) in [6.45, 7) is 0.110. The molecule has 1 aromatic rings. The lowest BCUT2D eigenvalue weighted by atomic mass is 9.78. The highest BCUT2D eigenvalue weighted by atomic mass is 16.8. The van der Waals surface area contributed by atoms with Crippen LogP contribution >= 0.6 is 0 Å². The number of methoxy groups -OCH3 is 1. The maximum Gasteiger partial charge on any atom is 0.338 e. The summed E-state index contributed by atoms with van der Waals surface area (Å²) in [7, 11) is 1.17. The molecule has 55 heavy (non-hydrogen) atoms. The Morgan fingerprint density at radius 2 is 1.49 bits per heavy atom. The minimum absolute atomic E-state index is 0.0465. The summed E-state index contributed by atoms with van der Waals surface area (Å²) >= 11 is 0. The summed E-state index contributed by atoms with van der Waals surface area (Å²) in [5.41, 5.74) is -1.12. The van der Waals surface area contributed by atoms with Crippen LogP contribution in [0.4, 0.5) is 0 Å². The van der Waals surface area contributed by atoms with Gasteiger partial charge in [-0.2, -0.15) is 0 Å². The molecule has 5 aliphatic rings. The SMILES string of the molecule is COC(=O)C1=CO[C@H](O[C@H]2O[C@@H](CO)[C@H](O)[C@@H](O)[C@@H]2O)[C@H]2[C@H]1C=C[C@@]21C=C([C@H](C)OC(=O)/C=C/c2ccc(O[C@H]3O[C@@H](CO)[C@H](O)[C@@H](O)[C@@H]3O)cc2)C(=O)O1. The van der Waals surface area contributed by atoms with Crippen LogP contribution in [0.1, 0.15) is 12.5 Å². The molecular weight excluding hydrogens is 736 g/mol. The van der Waals surface area contributed by atoms with Gasteiger partial charge in [0, 0.05) is 12.0 Å². The topological polar surface area (TPSA) is 287 Å². The van der Waals surface area contributed by atoms with E-state index in [0.29, 0.717) is 5.56 Å². The Morgan fingerprint density at radius 1 is 0.873 bits per heavy atom. The van der Waals surface area contributed by atoms with Crippen LogP contribution in [0.2, 0.25) is 0 Å². The minimum atomic E-state index is -1.79. The molecule has 4 heterocycles. The second-order valence-electron chi connectivity index (χ2n) is 13.5. The summed E-state index contributed by atoms with van der Waals surface area (Å²) in [6.07, 6.45) is -9.86. The Kier molecular flexibility index (Phi) is 12.1. The zero-order valence-corrected chi connectivity index (χ0v) is 29.3. The first-order valence-electron chi connectivity index (χ1n) is 17.2. The van der Waals surface area contributed by atoms with Gasteiger partial charge in [-0.3, -0.25) is 0 Å². The molecule has 1 aromatic carbocycles. The monoisotopic (exact) mass is 778 g/mol. The van der Waals surface area contributed by atoms with Crippen molar-refractivity contribution in [1.82, 2.24) is 0 Å². The van der Waals surface area contributed by atoms with Crippen molar-refractivity contribution >= 4 is 24.0 Å². The number of rotatable bonds is 11. The number of carbonyl (C=O) groups is 3. The highest BCUT2D eigenvalue weighted by Crippen LogP contribution is 2.51. The van der Waals surface area contributed by atoms with E-state index >= 15 is 0 Å². The summed E-state index contributed by atoms with van der Waals surface area (Å²) in [5.74, 6) is -4.10. The van der Waals surface area contributed by atoms with E-state index in [2.05, 4.69) is 0 Å². The highest BCUT2D eigenvalue weighted by molar-refractivity contribution is 5.95. The third-order valence-electron chi connectivity index (χ3n) is 10.0. The lowest BCUT2D eigenvalue weighted by molar-refractivity contribution is -0.344. The van der Waals surface area contributed by atoms with Crippen molar-refractivity contribution < 1.29 is 93.1 Å². The standard InChI is InChI=1S/C36H42O19/c1-15(50-23(39)8-5-16-3-6-17(7-4-16)51-34-29(44)27(42)25(40)21(12-37)52-34)19-11-36(55-32(19)47)10-9-18-20(31(46)48-2)14-49-33(24(18)36)54-35-30(45)28(43)26(41)22(13-38)53-35/h3-11,14-15,18,21-22,24-30,33-35,37-38,40-45H,12-13H2,1-2H3/b8-5+/t15-,18-,21-,22-,24+,25-,26-,27+,28+,29-,30-,33+,34-,35+,36+/m0/s1. The van der Waals surface area contributed by atoms with Gasteiger partial charge < -0.3 is 78.7 Å². The molecule has 0 bridgehead atoms. The lowest BCUT2D eigenvalue weighted by Gasteiger charge is -2.44. The van der Waals surface area contributed by atoms with E-state index in [1.54, 1.807) is 18.2 Å². The highest BCUT2D eigenvalue weighted by Gasteiger charge is 2.60. The summed E-state index contributed by atoms with van der Waals surface area (Å²) < 4.78 is 44.3. The van der Waals surface area contributed by atoms with Crippen LogP contribution in [0.15, 0.2) is 66.0 Å². The molecule has 0 amide bonds. The number of hydrogen-bond acceptors (Lipinski definition) is 19. The van der Waals surface area contributed by atoms with Crippen LogP contribution < -0.4 is 4.74 Å². The quantitative estimate of drug-likeness (QED) is 0.0483. The molecule has 15 atom stereocenters. The van der Waals surface area contributed by atoms with E-state index in [-0.39, 0.29) is 16.9 Å². The molecule has 0 unspecified atom stereocenters. The molecule has 0 radical (unpaired) electrons. The van der Waals surface area contributed by atoms with Gasteiger partial charge in [-0.15, -0.1) is 0 Å². The van der Waals surface area contributed by atoms with Gasteiger partial charge in [-0.25, -0.2) is 14.4 Å². The molecule has 1 aliphatic carbocycles. The fourth-order valence-corrected chi connectivity index (χ4v) is 6.96. The molecule has 300 valence electrons. The Labute approximate surface area is 312 Å². The zero-order chi connectivity index (χ0) is 39.8. The second kappa shape index (κ2) is 16.5. The largest absolute Gasteiger partial charge is 0.471 e. The Morgan fingerprint density at radius 3 is 2.11 bits per heavy atom. The van der Waals surface area contributed by atoms with Gasteiger partial charge in [-0.05, 0) is 42.8 Å². The van der Waals surface area contributed by atoms with Gasteiger partial charge in [0.25, 0.3) is 0 Å². The molecule has 8 N–H and O–H groups in total. The number of ether oxygens (including phenoxy) is 8. The van der Waals surface area contributed by atoms with Gasteiger partial charge in [0.1, 0.15) is 60.7 Å². The number of esters is 3. The molecule has 2 fully saturated rings. The number of allylic oxidation sites excluding steroid dienone is 1. The van der Waals surface area contributed by atoms with Gasteiger partial charge in [-0.1, -0.05) is 18.2 Å². The lowest BCUT2D eigenvalue weighted by Crippen LogP contribution is -2.60. The maximum absolute atomic E-state index is 13.3. The van der Waals surface area contributed by atoms with Crippen LogP contribution in [0, 0.1) is 11.8 Å². The van der Waals surface area contributed by atoms with Crippen LogP contribution in [-0.4, -0.2) is 158 Å². The zero-order valence-electron chi connectivity index (χ0n) is 29.3. The summed E-state index contributed by atoms with van der Waals surface area (Å²) in [4.78, 5) is 38.8. The first-order valence-corrected chi connectivity index (χ1v) is 17.2. The van der Waals surface area contributed by atoms with Crippen LogP contribution in [0.3, 0.4) is 0 Å². The average Bonchev–Trinajstić information content (AvgIpc) is 3.73. The van der Waals surface area contributed by atoms with E-state index in [9.17, 15) is 55.2 Å². The van der Waals surface area contributed by atoms with Crippen molar-refractivity contribution in [3.05, 3.63) is 71.5 Å². The van der Waals surface area contributed by atoms with E-state index in [4.69, 9.17) is 37.9 Å². The van der Waals surface area contributed by atoms with Gasteiger partial charge in [0.15, 0.2) is 11.9 Å². The molecule has 4 aliphatic heterocycles. The Bertz CT molecular complexity index is 1700. The van der Waals surface area contributed by atoms with Crippen molar-refractivity contribution in [1.29, 1.82) is 0 Å². The van der Waals surface area contributed by atoms with Crippen molar-refractivity contribution in [3.63, 3.8) is 0 Å². The van der Waals surface area contributed by atoms with E-state index in [0.717, 1.165) is 12.3 Å². The first-order chi connectivity index (χ1) is 26.2. The van der Waals surface area contributed by atoms with Crippen LogP contribution in [0.25, 0.3) is 6.08 Å². The molecule has 1 spiro atoms. The van der Waals surface area contributed by atoms with E-state index in [1.165, 1.54) is 44.4 Å². The number of carbonyl (C=O) groups excluding carboxylic acids is 3. The maximum atomic E-state index is 13.3. The Hall–Kier alpha value is -4.25. The van der Waals surface area contributed by atoms with Crippen molar-refractivity contribution in [2.45, 2.75) is 86.3 Å². The van der Waals surface area contributed by atoms with Crippen molar-refractivity contribution in [2.75, 3.05) is 20.3 Å². The Balaban J connectivity index is 1.13. The van der Waals surface area contributed by atoms with Crippen molar-refractivity contribution in [3.8, 4) is 5.75 Å². The van der Waals surface area contributed by atoms with E-state index in [1.807, 2.05) is 0 Å². The molecule has 19 nitrogen and oxygen atoms in total. The second-order valence-corrected chi connectivity index (χ2v) is 13.5. The number of hydrogen-bond donors (Lipinski definition) is 8. The first kappa shape index (κ1) is 40.4. The predicted molar refractivity (Wildman–Crippen MR) is 178 cm³/mol. The molecule has 0 aromatic heterocycles. The predicted octanol–water partition coefficient (Wildman–Crippen LogP) is -2.94. The minimum Gasteiger partial charge on any atom is -0.471 e. The fraction of sp³-hybridized carbons (Fsp3) is 0.528. The van der Waals surface area contributed by atoms with E-state index < -0.39 is 122 Å². The number of benzene rings is 1. The van der Waals surface area contributed by atoms with Gasteiger partial charge in [0.2, 0.25) is 12.6 Å². The van der Waals surface area contributed by atoms with Crippen LogP contribution in [-0.2, 0) is 47.5 Å². The normalized spacial score (nSPS) is 38.8. The molecule has 6 rings (SSSR count). The molecule has 0 saturated carbocycles. The fourth-order valence-electron chi connectivity index (χ4n) is 6.96. The number of aliphatic hydroxyl groups is 8. The summed E-state index contributed by atoms with van der Waals surface area (Å²) in [6, 6.07) is 6.09. The molecular formula is C36H42O19. The molecule has 19 heteroatoms. The third kappa shape index (κ3) is 7.91. The summed E-state index contributed by atoms with van der Waals surface area (Å²) in [5, 5.41) is 80.2. The smallest absolute Gasteiger partial charge is 0.338 e. The third-order valence-corrected chi connectivity index (χ3v) is 10.0. The average molecular weight is 779 g/mol. The number of fused-ring (bicyclic) bond motifs is 2. The van der Waals surface area contributed by atoms with Gasteiger partial charge >= 0.3 is 17.9 Å². The number of aliphatic hydroxyl groups excluding tert-OH is 8.